The number of fused-ring (bicyclic) bond motifs is 2. The average molecular weight is 401 g/mol. The molecule has 2 fully saturated rings. The van der Waals surface area contributed by atoms with Crippen LogP contribution in [0.1, 0.15) is 28.8 Å². The van der Waals surface area contributed by atoms with Crippen molar-refractivity contribution in [2.45, 2.75) is 31.5 Å². The number of carbonyl (C=O) groups is 2. The molecule has 2 aromatic carbocycles. The zero-order valence-electron chi connectivity index (χ0n) is 15.7. The van der Waals surface area contributed by atoms with Crippen LogP contribution in [-0.2, 0) is 16.1 Å². The standard InChI is InChI=1S/C22H21F2NO4/c23-19-7-6-15(10-20(19)24)21(26)16-8-17-12-28-13-18(9-16)25(17)22(27)29-11-14-4-2-1-3-5-14/h1-7,10,16-18H,8-9,11-13H2. The zero-order chi connectivity index (χ0) is 20.4. The van der Waals surface area contributed by atoms with E-state index in [2.05, 4.69) is 0 Å². The van der Waals surface area contributed by atoms with Crippen LogP contribution in [0.15, 0.2) is 48.5 Å². The first-order valence-corrected chi connectivity index (χ1v) is 9.59. The summed E-state index contributed by atoms with van der Waals surface area (Å²) in [5.74, 6) is -2.64. The summed E-state index contributed by atoms with van der Waals surface area (Å²) in [4.78, 5) is 27.2. The molecule has 2 bridgehead atoms. The van der Waals surface area contributed by atoms with Crippen LogP contribution < -0.4 is 0 Å². The molecule has 2 atom stereocenters. The van der Waals surface area contributed by atoms with Gasteiger partial charge in [-0.25, -0.2) is 13.6 Å². The average Bonchev–Trinajstić information content (AvgIpc) is 2.73. The lowest BCUT2D eigenvalue weighted by atomic mass is 9.81. The van der Waals surface area contributed by atoms with Crippen LogP contribution in [0, 0.1) is 17.6 Å². The van der Waals surface area contributed by atoms with Crippen molar-refractivity contribution in [3.05, 3.63) is 71.3 Å². The Morgan fingerprint density at radius 3 is 2.34 bits per heavy atom. The number of piperidine rings is 1. The van der Waals surface area contributed by atoms with Gasteiger partial charge >= 0.3 is 6.09 Å². The first-order chi connectivity index (χ1) is 14.0. The minimum Gasteiger partial charge on any atom is -0.445 e. The SMILES string of the molecule is O=C(c1ccc(F)c(F)c1)C1CC2COCC(C1)N2C(=O)OCc1ccccc1. The smallest absolute Gasteiger partial charge is 0.410 e. The van der Waals surface area contributed by atoms with E-state index in [4.69, 9.17) is 9.47 Å². The lowest BCUT2D eigenvalue weighted by Gasteiger charge is -2.47. The molecule has 152 valence electrons. The predicted octanol–water partition coefficient (Wildman–Crippen LogP) is 3.96. The highest BCUT2D eigenvalue weighted by Gasteiger charge is 2.44. The van der Waals surface area contributed by atoms with E-state index in [0.29, 0.717) is 26.1 Å². The Hall–Kier alpha value is -2.80. The molecule has 2 saturated heterocycles. The van der Waals surface area contributed by atoms with Crippen molar-refractivity contribution < 1.29 is 27.8 Å². The highest BCUT2D eigenvalue weighted by Crippen LogP contribution is 2.34. The summed E-state index contributed by atoms with van der Waals surface area (Å²) < 4.78 is 37.7. The Morgan fingerprint density at radius 2 is 1.69 bits per heavy atom. The van der Waals surface area contributed by atoms with Gasteiger partial charge in [-0.1, -0.05) is 30.3 Å². The monoisotopic (exact) mass is 401 g/mol. The molecule has 5 nitrogen and oxygen atoms in total. The van der Waals surface area contributed by atoms with Gasteiger partial charge in [0.2, 0.25) is 0 Å². The number of carbonyl (C=O) groups excluding carboxylic acids is 2. The summed E-state index contributed by atoms with van der Waals surface area (Å²) in [6.45, 7) is 0.810. The van der Waals surface area contributed by atoms with Crippen LogP contribution in [-0.4, -0.2) is 42.1 Å². The molecule has 2 aromatic rings. The van der Waals surface area contributed by atoms with Crippen molar-refractivity contribution >= 4 is 11.9 Å². The van der Waals surface area contributed by atoms with Crippen molar-refractivity contribution in [1.82, 2.24) is 4.90 Å². The number of Topliss-reactive ketones (excluding diaryl/α,β-unsaturated/α-hetero) is 1. The third kappa shape index (κ3) is 4.15. The number of ketones is 1. The van der Waals surface area contributed by atoms with Gasteiger partial charge in [0.05, 0.1) is 25.3 Å². The van der Waals surface area contributed by atoms with E-state index in [9.17, 15) is 18.4 Å². The molecule has 7 heteroatoms. The van der Waals surface area contributed by atoms with Gasteiger partial charge in [0, 0.05) is 11.5 Å². The number of rotatable bonds is 4. The zero-order valence-corrected chi connectivity index (χ0v) is 15.7. The largest absolute Gasteiger partial charge is 0.445 e. The Kier molecular flexibility index (Phi) is 5.58. The van der Waals surface area contributed by atoms with E-state index in [0.717, 1.165) is 17.7 Å². The number of ether oxygens (including phenoxy) is 2. The number of hydrogen-bond acceptors (Lipinski definition) is 4. The van der Waals surface area contributed by atoms with E-state index in [1.165, 1.54) is 6.07 Å². The maximum Gasteiger partial charge on any atom is 0.410 e. The van der Waals surface area contributed by atoms with Crippen molar-refractivity contribution in [3.8, 4) is 0 Å². The summed E-state index contributed by atoms with van der Waals surface area (Å²) in [5.41, 5.74) is 1.04. The maximum atomic E-state index is 13.5. The molecule has 2 aliphatic heterocycles. The fourth-order valence-electron chi connectivity index (χ4n) is 4.11. The second kappa shape index (κ2) is 8.29. The number of benzene rings is 2. The predicted molar refractivity (Wildman–Crippen MR) is 100 cm³/mol. The Morgan fingerprint density at radius 1 is 1.00 bits per heavy atom. The molecule has 0 N–H and O–H groups in total. The molecule has 0 aliphatic carbocycles. The molecule has 0 saturated carbocycles. The summed E-state index contributed by atoms with van der Waals surface area (Å²) in [5, 5.41) is 0. The Labute approximate surface area is 167 Å². The van der Waals surface area contributed by atoms with E-state index >= 15 is 0 Å². The Bertz CT molecular complexity index is 891. The van der Waals surface area contributed by atoms with Gasteiger partial charge in [0.25, 0.3) is 0 Å². The number of amides is 1. The molecule has 1 amide bonds. The van der Waals surface area contributed by atoms with E-state index in [-0.39, 0.29) is 36.0 Å². The number of hydrogen-bond donors (Lipinski definition) is 0. The van der Waals surface area contributed by atoms with Crippen LogP contribution >= 0.6 is 0 Å². The van der Waals surface area contributed by atoms with Crippen LogP contribution in [0.3, 0.4) is 0 Å². The molecule has 2 heterocycles. The number of nitrogens with zero attached hydrogens (tertiary/aromatic N) is 1. The normalized spacial score (nSPS) is 23.5. The first-order valence-electron chi connectivity index (χ1n) is 9.59. The lowest BCUT2D eigenvalue weighted by Crippen LogP contribution is -2.59. The molecule has 0 spiro atoms. The number of morpholine rings is 1. The van der Waals surface area contributed by atoms with Gasteiger partial charge in [0.1, 0.15) is 6.61 Å². The van der Waals surface area contributed by atoms with Gasteiger partial charge in [-0.3, -0.25) is 9.69 Å². The fraction of sp³-hybridized carbons (Fsp3) is 0.364. The molecule has 2 aliphatic rings. The van der Waals surface area contributed by atoms with Crippen molar-refractivity contribution in [2.24, 2.45) is 5.92 Å². The van der Waals surface area contributed by atoms with Gasteiger partial charge in [-0.15, -0.1) is 0 Å². The van der Waals surface area contributed by atoms with Gasteiger partial charge in [0.15, 0.2) is 17.4 Å². The minimum atomic E-state index is -1.04. The quantitative estimate of drug-likeness (QED) is 0.728. The lowest BCUT2D eigenvalue weighted by molar-refractivity contribution is -0.0755. The molecule has 0 aromatic heterocycles. The molecular formula is C22H21F2NO4. The highest BCUT2D eigenvalue weighted by atomic mass is 19.2. The second-order valence-corrected chi connectivity index (χ2v) is 7.45. The van der Waals surface area contributed by atoms with Gasteiger partial charge in [-0.2, -0.15) is 0 Å². The molecule has 2 unspecified atom stereocenters. The van der Waals surface area contributed by atoms with E-state index in [1.807, 2.05) is 30.3 Å². The van der Waals surface area contributed by atoms with Crippen molar-refractivity contribution in [3.63, 3.8) is 0 Å². The maximum absolute atomic E-state index is 13.5. The summed E-state index contributed by atoms with van der Waals surface area (Å²) in [6, 6.07) is 12.0. The number of halogens is 2. The topological polar surface area (TPSA) is 55.8 Å². The van der Waals surface area contributed by atoms with Crippen LogP contribution in [0.2, 0.25) is 0 Å². The minimum absolute atomic E-state index is 0.146. The molecule has 0 radical (unpaired) electrons. The van der Waals surface area contributed by atoms with Crippen molar-refractivity contribution in [2.75, 3.05) is 13.2 Å². The van der Waals surface area contributed by atoms with E-state index in [1.54, 1.807) is 4.90 Å². The molecule has 4 rings (SSSR count). The first kappa shape index (κ1) is 19.5. The summed E-state index contributed by atoms with van der Waals surface area (Å²) in [6.07, 6.45) is 0.370. The summed E-state index contributed by atoms with van der Waals surface area (Å²) in [7, 11) is 0. The summed E-state index contributed by atoms with van der Waals surface area (Å²) >= 11 is 0. The van der Waals surface area contributed by atoms with Gasteiger partial charge in [-0.05, 0) is 36.6 Å². The second-order valence-electron chi connectivity index (χ2n) is 7.45. The van der Waals surface area contributed by atoms with E-state index < -0.39 is 17.7 Å². The fourth-order valence-corrected chi connectivity index (χ4v) is 4.11. The molecular weight excluding hydrogens is 380 g/mol. The van der Waals surface area contributed by atoms with Crippen LogP contribution in [0.5, 0.6) is 0 Å². The van der Waals surface area contributed by atoms with Crippen molar-refractivity contribution in [1.29, 1.82) is 0 Å². The Balaban J connectivity index is 1.43. The highest BCUT2D eigenvalue weighted by molar-refractivity contribution is 5.98. The van der Waals surface area contributed by atoms with Crippen LogP contribution in [0.25, 0.3) is 0 Å². The molecule has 29 heavy (non-hydrogen) atoms. The third-order valence-corrected chi connectivity index (χ3v) is 5.51. The van der Waals surface area contributed by atoms with Gasteiger partial charge < -0.3 is 9.47 Å². The van der Waals surface area contributed by atoms with Crippen LogP contribution in [0.4, 0.5) is 13.6 Å². The third-order valence-electron chi connectivity index (χ3n) is 5.51.